The van der Waals surface area contributed by atoms with Gasteiger partial charge in [-0.2, -0.15) is 0 Å². The van der Waals surface area contributed by atoms with Gasteiger partial charge in [-0.25, -0.2) is 4.68 Å². The lowest BCUT2D eigenvalue weighted by molar-refractivity contribution is 0.404. The van der Waals surface area contributed by atoms with Crippen LogP contribution in [0.3, 0.4) is 0 Å². The lowest BCUT2D eigenvalue weighted by atomic mass is 9.94. The van der Waals surface area contributed by atoms with E-state index >= 15 is 0 Å². The summed E-state index contributed by atoms with van der Waals surface area (Å²) in [6.45, 7) is 2.27. The molecule has 3 atom stereocenters. The van der Waals surface area contributed by atoms with E-state index in [4.69, 9.17) is 5.73 Å². The number of nitrogens with two attached hydrogens (primary N) is 1. The van der Waals surface area contributed by atoms with Crippen LogP contribution in [0.15, 0.2) is 36.5 Å². The summed E-state index contributed by atoms with van der Waals surface area (Å²) in [5.74, 6) is 1.40. The molecule has 0 bridgehead atoms. The summed E-state index contributed by atoms with van der Waals surface area (Å²) in [7, 11) is 0. The van der Waals surface area contributed by atoms with Crippen molar-refractivity contribution in [1.82, 2.24) is 15.0 Å². The highest BCUT2D eigenvalue weighted by Crippen LogP contribution is 2.39. The topological polar surface area (TPSA) is 56.7 Å². The fraction of sp³-hybridized carbons (Fsp3) is 0.500. The first-order valence-corrected chi connectivity index (χ1v) is 7.51. The van der Waals surface area contributed by atoms with Crippen LogP contribution in [0.2, 0.25) is 0 Å². The lowest BCUT2D eigenvalue weighted by Gasteiger charge is -2.20. The summed E-state index contributed by atoms with van der Waals surface area (Å²) in [5.41, 5.74) is 8.55. The van der Waals surface area contributed by atoms with Crippen LogP contribution in [0.25, 0.3) is 5.69 Å². The molecule has 0 radical (unpaired) electrons. The van der Waals surface area contributed by atoms with Crippen LogP contribution in [0.4, 0.5) is 0 Å². The smallest absolute Gasteiger partial charge is 0.0815 e. The van der Waals surface area contributed by atoms with Crippen LogP contribution in [-0.2, 0) is 0 Å². The van der Waals surface area contributed by atoms with Crippen LogP contribution in [0.5, 0.6) is 0 Å². The summed E-state index contributed by atoms with van der Waals surface area (Å²) in [5, 5.41) is 8.27. The standard InChI is InChI=1S/C16H22N4/c1-2-12-8-9-13(10-12)16(17)15-11-18-19-20(15)14-6-4-3-5-7-14/h3-7,11-13,16H,2,8-10,17H2,1H3. The molecular weight excluding hydrogens is 248 g/mol. The van der Waals surface area contributed by atoms with E-state index in [-0.39, 0.29) is 6.04 Å². The molecule has 1 heterocycles. The van der Waals surface area contributed by atoms with E-state index in [0.717, 1.165) is 17.3 Å². The van der Waals surface area contributed by atoms with Crippen LogP contribution >= 0.6 is 0 Å². The highest BCUT2D eigenvalue weighted by molar-refractivity contribution is 5.32. The molecule has 3 rings (SSSR count). The zero-order chi connectivity index (χ0) is 13.9. The van der Waals surface area contributed by atoms with Gasteiger partial charge < -0.3 is 5.73 Å². The predicted molar refractivity (Wildman–Crippen MR) is 79.4 cm³/mol. The zero-order valence-corrected chi connectivity index (χ0v) is 11.9. The Morgan fingerprint density at radius 1 is 1.30 bits per heavy atom. The second-order valence-corrected chi connectivity index (χ2v) is 5.78. The molecule has 3 unspecified atom stereocenters. The predicted octanol–water partition coefficient (Wildman–Crippen LogP) is 3.09. The molecule has 20 heavy (non-hydrogen) atoms. The van der Waals surface area contributed by atoms with Gasteiger partial charge in [0, 0.05) is 0 Å². The van der Waals surface area contributed by atoms with Crippen molar-refractivity contribution < 1.29 is 0 Å². The third-order valence-electron chi connectivity index (χ3n) is 4.58. The minimum atomic E-state index is 0.0294. The molecule has 1 fully saturated rings. The Morgan fingerprint density at radius 3 is 2.80 bits per heavy atom. The summed E-state index contributed by atoms with van der Waals surface area (Å²) in [6.07, 6.45) is 6.84. The van der Waals surface area contributed by atoms with E-state index in [1.807, 2.05) is 41.2 Å². The number of benzene rings is 1. The minimum Gasteiger partial charge on any atom is -0.322 e. The van der Waals surface area contributed by atoms with E-state index < -0.39 is 0 Å². The molecule has 0 spiro atoms. The quantitative estimate of drug-likeness (QED) is 0.928. The van der Waals surface area contributed by atoms with Crippen LogP contribution in [0.1, 0.15) is 44.3 Å². The average molecular weight is 270 g/mol. The first-order chi connectivity index (χ1) is 9.79. The van der Waals surface area contributed by atoms with Gasteiger partial charge in [0.1, 0.15) is 0 Å². The van der Waals surface area contributed by atoms with E-state index in [0.29, 0.717) is 5.92 Å². The Balaban J connectivity index is 1.83. The second-order valence-electron chi connectivity index (χ2n) is 5.78. The van der Waals surface area contributed by atoms with Crippen molar-refractivity contribution in [2.24, 2.45) is 17.6 Å². The average Bonchev–Trinajstić information content (AvgIpc) is 3.16. The lowest BCUT2D eigenvalue weighted by Crippen LogP contribution is -2.22. The number of hydrogen-bond acceptors (Lipinski definition) is 3. The Kier molecular flexibility index (Phi) is 3.83. The van der Waals surface area contributed by atoms with Gasteiger partial charge in [0.2, 0.25) is 0 Å². The van der Waals surface area contributed by atoms with Crippen molar-refractivity contribution in [2.75, 3.05) is 0 Å². The maximum absolute atomic E-state index is 6.50. The second kappa shape index (κ2) is 5.75. The fourth-order valence-electron chi connectivity index (χ4n) is 3.29. The summed E-state index contributed by atoms with van der Waals surface area (Å²) in [6, 6.07) is 10.1. The van der Waals surface area contributed by atoms with Crippen molar-refractivity contribution in [1.29, 1.82) is 0 Å². The molecular formula is C16H22N4. The monoisotopic (exact) mass is 270 g/mol. The SMILES string of the molecule is CCC1CCC(C(N)c2cnnn2-c2ccccc2)C1. The van der Waals surface area contributed by atoms with Crippen LogP contribution in [-0.4, -0.2) is 15.0 Å². The van der Waals surface area contributed by atoms with E-state index in [1.54, 1.807) is 0 Å². The molecule has 2 N–H and O–H groups in total. The molecule has 4 nitrogen and oxygen atoms in total. The van der Waals surface area contributed by atoms with E-state index in [9.17, 15) is 0 Å². The van der Waals surface area contributed by atoms with Gasteiger partial charge in [-0.05, 0) is 36.8 Å². The zero-order valence-electron chi connectivity index (χ0n) is 11.9. The molecule has 1 saturated carbocycles. The van der Waals surface area contributed by atoms with Gasteiger partial charge >= 0.3 is 0 Å². The van der Waals surface area contributed by atoms with E-state index in [2.05, 4.69) is 17.2 Å². The highest BCUT2D eigenvalue weighted by Gasteiger charge is 2.30. The van der Waals surface area contributed by atoms with E-state index in [1.165, 1.54) is 25.7 Å². The Morgan fingerprint density at radius 2 is 2.10 bits per heavy atom. The van der Waals surface area contributed by atoms with Gasteiger partial charge in [0.25, 0.3) is 0 Å². The molecule has 1 aromatic carbocycles. The number of aromatic nitrogens is 3. The third kappa shape index (κ3) is 2.48. The Hall–Kier alpha value is -1.68. The van der Waals surface area contributed by atoms with Crippen molar-refractivity contribution in [2.45, 2.75) is 38.6 Å². The number of nitrogens with zero attached hydrogens (tertiary/aromatic N) is 3. The first kappa shape index (κ1) is 13.3. The normalized spacial score (nSPS) is 23.9. The molecule has 4 heteroatoms. The van der Waals surface area contributed by atoms with Gasteiger partial charge in [-0.3, -0.25) is 0 Å². The molecule has 2 aromatic rings. The highest BCUT2D eigenvalue weighted by atomic mass is 15.4. The van der Waals surface area contributed by atoms with Crippen molar-refractivity contribution in [3.63, 3.8) is 0 Å². The molecule has 106 valence electrons. The number of rotatable bonds is 4. The first-order valence-electron chi connectivity index (χ1n) is 7.51. The summed E-state index contributed by atoms with van der Waals surface area (Å²) >= 11 is 0. The van der Waals surface area contributed by atoms with Gasteiger partial charge in [-0.1, -0.05) is 43.2 Å². The number of hydrogen-bond donors (Lipinski definition) is 1. The van der Waals surface area contributed by atoms with Crippen molar-refractivity contribution in [3.8, 4) is 5.69 Å². The van der Waals surface area contributed by atoms with Gasteiger partial charge in [0.15, 0.2) is 0 Å². The number of para-hydroxylation sites is 1. The largest absolute Gasteiger partial charge is 0.322 e. The molecule has 1 aliphatic carbocycles. The molecule has 0 saturated heterocycles. The van der Waals surface area contributed by atoms with Gasteiger partial charge in [0.05, 0.1) is 23.6 Å². The fourth-order valence-corrected chi connectivity index (χ4v) is 3.29. The molecule has 0 amide bonds. The minimum absolute atomic E-state index is 0.0294. The summed E-state index contributed by atoms with van der Waals surface area (Å²) in [4.78, 5) is 0. The Labute approximate surface area is 120 Å². The molecule has 1 aromatic heterocycles. The molecule has 0 aliphatic heterocycles. The van der Waals surface area contributed by atoms with Gasteiger partial charge in [-0.15, -0.1) is 5.10 Å². The van der Waals surface area contributed by atoms with Crippen molar-refractivity contribution >= 4 is 0 Å². The maximum atomic E-state index is 6.50. The molecule has 1 aliphatic rings. The van der Waals surface area contributed by atoms with Crippen molar-refractivity contribution in [3.05, 3.63) is 42.2 Å². The van der Waals surface area contributed by atoms with Crippen LogP contribution < -0.4 is 5.73 Å². The summed E-state index contributed by atoms with van der Waals surface area (Å²) < 4.78 is 1.88. The Bertz CT molecular complexity index is 549. The third-order valence-corrected chi connectivity index (χ3v) is 4.58. The van der Waals surface area contributed by atoms with Crippen LogP contribution in [0, 0.1) is 11.8 Å². The maximum Gasteiger partial charge on any atom is 0.0815 e.